The lowest BCUT2D eigenvalue weighted by atomic mass is 9.13. The highest BCUT2D eigenvalue weighted by Crippen LogP contribution is 3.03. The molecule has 0 N–H and O–H groups in total. The van der Waals surface area contributed by atoms with Gasteiger partial charge in [-0.05, 0) is 0 Å². The molecule has 0 aromatic heterocycles. The SMILES string of the molecule is CCC12B(C(C)(C)C)C1(CC)B2C(C)(C)C. The molecule has 0 nitrogen and oxygen atoms in total. The van der Waals surface area contributed by atoms with E-state index in [1.165, 1.54) is 12.8 Å². The van der Waals surface area contributed by atoms with Gasteiger partial charge in [0.1, 0.15) is 13.4 Å². The van der Waals surface area contributed by atoms with Crippen LogP contribution in [0, 0.1) is 0 Å². The Hall–Kier alpha value is 0.130. The van der Waals surface area contributed by atoms with Crippen LogP contribution in [0.25, 0.3) is 0 Å². The van der Waals surface area contributed by atoms with Gasteiger partial charge in [0.25, 0.3) is 0 Å². The van der Waals surface area contributed by atoms with Crippen LogP contribution in [0.5, 0.6) is 0 Å². The minimum Gasteiger partial charge on any atom is -0.0777 e. The highest BCUT2D eigenvalue weighted by atomic mass is 14.7. The van der Waals surface area contributed by atoms with Crippen LogP contribution in [0.15, 0.2) is 0 Å². The first-order valence-corrected chi connectivity index (χ1v) is 7.10. The Morgan fingerprint density at radius 1 is 0.688 bits per heavy atom. The van der Waals surface area contributed by atoms with Gasteiger partial charge in [0.05, 0.1) is 0 Å². The van der Waals surface area contributed by atoms with Gasteiger partial charge in [-0.2, -0.15) is 0 Å². The monoisotopic (exact) mass is 218 g/mol. The van der Waals surface area contributed by atoms with E-state index < -0.39 is 0 Å². The number of rotatable bonds is 2. The van der Waals surface area contributed by atoms with E-state index in [1.807, 2.05) is 0 Å². The van der Waals surface area contributed by atoms with Crippen LogP contribution in [0.2, 0.25) is 21.1 Å². The fourth-order valence-corrected chi connectivity index (χ4v) is 6.10. The van der Waals surface area contributed by atoms with E-state index >= 15 is 0 Å². The first kappa shape index (κ1) is 12.6. The number of fused-ring (bicyclic) bond motifs is 1. The maximum Gasteiger partial charge on any atom is 0.142 e. The molecule has 0 saturated carbocycles. The van der Waals surface area contributed by atoms with Crippen molar-refractivity contribution >= 4 is 13.4 Å². The van der Waals surface area contributed by atoms with Gasteiger partial charge < -0.3 is 0 Å². The maximum absolute atomic E-state index is 2.44. The summed E-state index contributed by atoms with van der Waals surface area (Å²) in [5.41, 5.74) is 0. The van der Waals surface area contributed by atoms with Crippen molar-refractivity contribution in [2.75, 3.05) is 0 Å². The quantitative estimate of drug-likeness (QED) is 0.573. The highest BCUT2D eigenvalue weighted by Gasteiger charge is 2.99. The molecule has 2 aliphatic heterocycles. The van der Waals surface area contributed by atoms with Gasteiger partial charge >= 0.3 is 0 Å². The third kappa shape index (κ3) is 1.10. The molecule has 0 spiro atoms. The summed E-state index contributed by atoms with van der Waals surface area (Å²) < 4.78 is 0. The molecule has 0 aromatic rings. The van der Waals surface area contributed by atoms with Gasteiger partial charge in [0.2, 0.25) is 0 Å². The molecule has 0 aromatic carbocycles. The van der Waals surface area contributed by atoms with Crippen LogP contribution in [0.1, 0.15) is 68.2 Å². The Kier molecular flexibility index (Phi) is 2.30. The molecule has 90 valence electrons. The summed E-state index contributed by atoms with van der Waals surface area (Å²) in [6.07, 6.45) is 2.79. The third-order valence-electron chi connectivity index (χ3n) is 5.66. The summed E-state index contributed by atoms with van der Waals surface area (Å²) in [4.78, 5) is 0. The van der Waals surface area contributed by atoms with Crippen LogP contribution in [-0.4, -0.2) is 13.4 Å². The van der Waals surface area contributed by atoms with Crippen molar-refractivity contribution in [3.8, 4) is 0 Å². The fourth-order valence-electron chi connectivity index (χ4n) is 6.10. The lowest BCUT2D eigenvalue weighted by molar-refractivity contribution is 0.711. The summed E-state index contributed by atoms with van der Waals surface area (Å²) >= 11 is 0. The van der Waals surface area contributed by atoms with Crippen LogP contribution >= 0.6 is 0 Å². The first-order chi connectivity index (χ1) is 7.10. The van der Waals surface area contributed by atoms with Crippen LogP contribution in [-0.2, 0) is 0 Å². The number of hydrogen-bond acceptors (Lipinski definition) is 0. The minimum absolute atomic E-state index is 0.508. The van der Waals surface area contributed by atoms with Crippen molar-refractivity contribution in [2.24, 2.45) is 0 Å². The summed E-state index contributed by atoms with van der Waals surface area (Å²) in [5, 5.41) is 2.43. The van der Waals surface area contributed by atoms with E-state index in [9.17, 15) is 0 Å². The predicted octanol–water partition coefficient (Wildman–Crippen LogP) is 4.98. The van der Waals surface area contributed by atoms with E-state index in [0.717, 1.165) is 13.4 Å². The van der Waals surface area contributed by atoms with Crippen molar-refractivity contribution in [1.29, 1.82) is 0 Å². The summed E-state index contributed by atoms with van der Waals surface area (Å²) in [6, 6.07) is 0. The molecule has 0 atom stereocenters. The Labute approximate surface area is 103 Å². The Morgan fingerprint density at radius 3 is 1.06 bits per heavy atom. The van der Waals surface area contributed by atoms with Crippen molar-refractivity contribution < 1.29 is 0 Å². The lowest BCUT2D eigenvalue weighted by Crippen LogP contribution is -2.37. The van der Waals surface area contributed by atoms with Crippen molar-refractivity contribution in [3.05, 3.63) is 0 Å². The van der Waals surface area contributed by atoms with Gasteiger partial charge in [-0.1, -0.05) is 89.3 Å². The van der Waals surface area contributed by atoms with Gasteiger partial charge in [-0.3, -0.25) is 0 Å². The van der Waals surface area contributed by atoms with E-state index in [0.29, 0.717) is 21.1 Å². The van der Waals surface area contributed by atoms with Crippen molar-refractivity contribution in [3.63, 3.8) is 0 Å². The van der Waals surface area contributed by atoms with E-state index in [-0.39, 0.29) is 0 Å². The Morgan fingerprint density at radius 2 is 0.938 bits per heavy atom. The second-order valence-electron chi connectivity index (χ2n) is 8.39. The molecule has 2 heterocycles. The summed E-state index contributed by atoms with van der Waals surface area (Å²) in [7, 11) is 0. The van der Waals surface area contributed by atoms with Gasteiger partial charge in [0.15, 0.2) is 0 Å². The predicted molar refractivity (Wildman–Crippen MR) is 76.9 cm³/mol. The zero-order chi connectivity index (χ0) is 12.6. The molecule has 2 rings (SSSR count). The molecule has 0 amide bonds. The fraction of sp³-hybridized carbons (Fsp3) is 1.00. The molecule has 2 fully saturated rings. The molecule has 0 aliphatic carbocycles. The maximum atomic E-state index is 2.44. The lowest BCUT2D eigenvalue weighted by Gasteiger charge is -2.35. The average molecular weight is 218 g/mol. The average Bonchev–Trinajstić information content (AvgIpc) is 2.81. The Bertz CT molecular complexity index is 266. The molecule has 16 heavy (non-hydrogen) atoms. The molecular formula is C14H28B2. The second kappa shape index (κ2) is 2.93. The van der Waals surface area contributed by atoms with Crippen LogP contribution < -0.4 is 0 Å². The highest BCUT2D eigenvalue weighted by molar-refractivity contribution is 7.22. The van der Waals surface area contributed by atoms with E-state index in [4.69, 9.17) is 0 Å². The van der Waals surface area contributed by atoms with Crippen LogP contribution in [0.4, 0.5) is 0 Å². The van der Waals surface area contributed by atoms with Gasteiger partial charge in [-0.25, -0.2) is 0 Å². The van der Waals surface area contributed by atoms with Gasteiger partial charge in [0, 0.05) is 0 Å². The zero-order valence-corrected chi connectivity index (χ0v) is 12.6. The Balaban J connectivity index is 2.30. The normalized spacial score (nSPS) is 37.5. The van der Waals surface area contributed by atoms with Crippen molar-refractivity contribution in [1.82, 2.24) is 0 Å². The van der Waals surface area contributed by atoms with E-state index in [2.05, 4.69) is 55.4 Å². The van der Waals surface area contributed by atoms with E-state index in [1.54, 1.807) is 0 Å². The molecular weight excluding hydrogens is 190 g/mol. The molecule has 0 unspecified atom stereocenters. The molecule has 2 aliphatic rings. The second-order valence-corrected chi connectivity index (χ2v) is 8.39. The molecule has 2 heteroatoms. The smallest absolute Gasteiger partial charge is 0.0777 e. The van der Waals surface area contributed by atoms with Crippen molar-refractivity contribution in [2.45, 2.75) is 89.3 Å². The standard InChI is InChI=1S/C14H28B2/c1-9-13-14(10-2,15(13)11(3,4)5)16(13)12(6,7)8/h9-10H2,1-8H3. The molecule has 0 bridgehead atoms. The zero-order valence-electron chi connectivity index (χ0n) is 12.6. The summed E-state index contributed by atoms with van der Waals surface area (Å²) in [5.74, 6) is 0. The van der Waals surface area contributed by atoms with Gasteiger partial charge in [-0.15, -0.1) is 0 Å². The third-order valence-corrected chi connectivity index (χ3v) is 5.66. The topological polar surface area (TPSA) is 0 Å². The molecule has 0 radical (unpaired) electrons. The molecule has 2 saturated heterocycles. The summed E-state index contributed by atoms with van der Waals surface area (Å²) in [6.45, 7) is 21.5. The largest absolute Gasteiger partial charge is 0.142 e. The first-order valence-electron chi connectivity index (χ1n) is 7.10. The number of hydrogen-bond donors (Lipinski definition) is 0. The minimum atomic E-state index is 0.508. The van der Waals surface area contributed by atoms with Crippen LogP contribution in [0.3, 0.4) is 0 Å².